The second-order valence-electron chi connectivity index (χ2n) is 8.86. The van der Waals surface area contributed by atoms with Gasteiger partial charge in [0.05, 0.1) is 37.5 Å². The first-order valence-electron chi connectivity index (χ1n) is 12.0. The van der Waals surface area contributed by atoms with Crippen LogP contribution in [0.15, 0.2) is 72.8 Å². The summed E-state index contributed by atoms with van der Waals surface area (Å²) in [6, 6.07) is 22.6. The number of amides is 2. The summed E-state index contributed by atoms with van der Waals surface area (Å²) in [7, 11) is 0. The summed E-state index contributed by atoms with van der Waals surface area (Å²) >= 11 is 0. The number of ether oxygens (including phenoxy) is 2. The number of morpholine rings is 1. The van der Waals surface area contributed by atoms with Crippen molar-refractivity contribution in [3.05, 3.63) is 83.9 Å². The quantitative estimate of drug-likeness (QED) is 0.444. The van der Waals surface area contributed by atoms with Crippen LogP contribution >= 0.6 is 0 Å². The third-order valence-corrected chi connectivity index (χ3v) is 6.57. The number of fused-ring (bicyclic) bond motifs is 2. The molecule has 1 aromatic heterocycles. The van der Waals surface area contributed by atoms with Crippen molar-refractivity contribution >= 4 is 28.5 Å². The average molecular weight is 484 g/mol. The Kier molecular flexibility index (Phi) is 5.82. The summed E-state index contributed by atoms with van der Waals surface area (Å²) in [6.45, 7) is 2.76. The molecule has 0 radical (unpaired) electrons. The second kappa shape index (κ2) is 9.43. The number of rotatable bonds is 4. The molecule has 0 aliphatic carbocycles. The van der Waals surface area contributed by atoms with Crippen LogP contribution in [0.25, 0.3) is 11.0 Å². The van der Waals surface area contributed by atoms with Gasteiger partial charge < -0.3 is 19.3 Å². The Balaban J connectivity index is 1.22. The average Bonchev–Trinajstić information content (AvgIpc) is 3.35. The normalized spacial score (nSPS) is 17.5. The Morgan fingerprint density at radius 2 is 1.67 bits per heavy atom. The van der Waals surface area contributed by atoms with Gasteiger partial charge in [-0.25, -0.2) is 4.68 Å². The molecular weight excluding hydrogens is 458 g/mol. The van der Waals surface area contributed by atoms with Gasteiger partial charge in [0, 0.05) is 18.7 Å². The van der Waals surface area contributed by atoms with Crippen LogP contribution in [0.5, 0.6) is 5.75 Å². The largest absolute Gasteiger partial charge is 0.476 e. The van der Waals surface area contributed by atoms with Crippen molar-refractivity contribution in [2.75, 3.05) is 37.7 Å². The zero-order valence-corrected chi connectivity index (χ0v) is 19.6. The molecule has 182 valence electrons. The minimum absolute atomic E-state index is 0.124. The first-order valence-corrected chi connectivity index (χ1v) is 12.0. The van der Waals surface area contributed by atoms with Gasteiger partial charge in [0.1, 0.15) is 11.3 Å². The lowest BCUT2D eigenvalue weighted by Gasteiger charge is -2.37. The monoisotopic (exact) mass is 483 g/mol. The number of para-hydroxylation sites is 3. The van der Waals surface area contributed by atoms with E-state index in [0.717, 1.165) is 16.6 Å². The Labute approximate surface area is 207 Å². The highest BCUT2D eigenvalue weighted by Gasteiger charge is 2.36. The highest BCUT2D eigenvalue weighted by molar-refractivity contribution is 6.08. The summed E-state index contributed by atoms with van der Waals surface area (Å²) in [4.78, 5) is 30.1. The number of nitrogens with zero attached hydrogens (tertiary/aromatic N) is 5. The fraction of sp³-hybridized carbons (Fsp3) is 0.259. The third kappa shape index (κ3) is 4.18. The predicted octanol–water partition coefficient (Wildman–Crippen LogP) is 2.75. The zero-order valence-electron chi connectivity index (χ0n) is 19.6. The molecular formula is C27H25N5O4. The number of aromatic nitrogens is 3. The van der Waals surface area contributed by atoms with Crippen LogP contribution in [-0.2, 0) is 16.1 Å². The Hall–Kier alpha value is -4.24. The molecule has 1 atom stereocenters. The SMILES string of the molecule is O=C([C@@H]1CN(C(=O)c2ccc(Cn3nnc4ccccc43)cc2)c2ccccc2O1)N1CCOCC1. The van der Waals surface area contributed by atoms with Crippen LogP contribution in [-0.4, -0.2) is 70.7 Å². The Bertz CT molecular complexity index is 1410. The molecule has 3 aromatic carbocycles. The van der Waals surface area contributed by atoms with Crippen molar-refractivity contribution in [3.63, 3.8) is 0 Å². The third-order valence-electron chi connectivity index (χ3n) is 6.57. The molecule has 0 unspecified atom stereocenters. The maximum absolute atomic E-state index is 13.6. The Morgan fingerprint density at radius 1 is 0.917 bits per heavy atom. The van der Waals surface area contributed by atoms with E-state index in [2.05, 4.69) is 10.3 Å². The Morgan fingerprint density at radius 3 is 2.50 bits per heavy atom. The summed E-state index contributed by atoms with van der Waals surface area (Å²) in [5, 5.41) is 8.44. The lowest BCUT2D eigenvalue weighted by atomic mass is 10.1. The standard InChI is InChI=1S/C27H25N5O4/c33-26(20-11-9-19(10-12-20)17-32-22-6-2-1-5-21(22)28-29-32)31-18-25(27(34)30-13-15-35-16-14-30)36-24-8-4-3-7-23(24)31/h1-12,25H,13-18H2/t25-/m0/s1. The lowest BCUT2D eigenvalue weighted by Crippen LogP contribution is -2.54. The van der Waals surface area contributed by atoms with Crippen molar-refractivity contribution in [1.29, 1.82) is 0 Å². The molecule has 36 heavy (non-hydrogen) atoms. The molecule has 0 spiro atoms. The van der Waals surface area contributed by atoms with Crippen molar-refractivity contribution in [1.82, 2.24) is 19.9 Å². The van der Waals surface area contributed by atoms with Gasteiger partial charge in [-0.1, -0.05) is 41.6 Å². The molecule has 2 amide bonds. The number of hydrogen-bond donors (Lipinski definition) is 0. The number of benzene rings is 3. The minimum atomic E-state index is -0.762. The molecule has 1 fully saturated rings. The van der Waals surface area contributed by atoms with Gasteiger partial charge >= 0.3 is 0 Å². The summed E-state index contributed by atoms with van der Waals surface area (Å²) in [5.41, 5.74) is 4.00. The second-order valence-corrected chi connectivity index (χ2v) is 8.86. The van der Waals surface area contributed by atoms with E-state index in [1.165, 1.54) is 0 Å². The van der Waals surface area contributed by atoms with E-state index in [1.54, 1.807) is 15.9 Å². The first kappa shape index (κ1) is 22.2. The van der Waals surface area contributed by atoms with E-state index in [-0.39, 0.29) is 18.4 Å². The zero-order chi connectivity index (χ0) is 24.5. The fourth-order valence-electron chi connectivity index (χ4n) is 4.66. The van der Waals surface area contributed by atoms with Crippen molar-refractivity contribution in [2.24, 2.45) is 0 Å². The van der Waals surface area contributed by atoms with Gasteiger partial charge in [-0.15, -0.1) is 5.10 Å². The number of hydrogen-bond acceptors (Lipinski definition) is 6. The topological polar surface area (TPSA) is 89.8 Å². The van der Waals surface area contributed by atoms with Gasteiger partial charge in [0.2, 0.25) is 0 Å². The lowest BCUT2D eigenvalue weighted by molar-refractivity contribution is -0.142. The molecule has 1 saturated heterocycles. The van der Waals surface area contributed by atoms with E-state index in [9.17, 15) is 9.59 Å². The van der Waals surface area contributed by atoms with E-state index >= 15 is 0 Å². The molecule has 3 heterocycles. The summed E-state index contributed by atoms with van der Waals surface area (Å²) < 4.78 is 13.2. The smallest absolute Gasteiger partial charge is 0.265 e. The van der Waals surface area contributed by atoms with Gasteiger partial charge in [-0.3, -0.25) is 9.59 Å². The van der Waals surface area contributed by atoms with Crippen molar-refractivity contribution in [2.45, 2.75) is 12.6 Å². The summed E-state index contributed by atoms with van der Waals surface area (Å²) in [6.07, 6.45) is -0.762. The van der Waals surface area contributed by atoms with E-state index in [1.807, 2.05) is 71.4 Å². The molecule has 0 N–H and O–H groups in total. The predicted molar refractivity (Wildman–Crippen MR) is 133 cm³/mol. The van der Waals surface area contributed by atoms with Gasteiger partial charge in [-0.2, -0.15) is 0 Å². The van der Waals surface area contributed by atoms with Crippen LogP contribution in [0.4, 0.5) is 5.69 Å². The molecule has 0 bridgehead atoms. The molecule has 2 aliphatic rings. The molecule has 0 saturated carbocycles. The molecule has 9 nitrogen and oxygen atoms in total. The van der Waals surface area contributed by atoms with E-state index in [0.29, 0.717) is 49.8 Å². The van der Waals surface area contributed by atoms with Gasteiger partial charge in [0.25, 0.3) is 11.8 Å². The van der Waals surface area contributed by atoms with Crippen LogP contribution < -0.4 is 9.64 Å². The molecule has 4 aromatic rings. The van der Waals surface area contributed by atoms with Crippen LogP contribution in [0.3, 0.4) is 0 Å². The van der Waals surface area contributed by atoms with Gasteiger partial charge in [-0.05, 0) is 42.0 Å². The summed E-state index contributed by atoms with van der Waals surface area (Å²) in [5.74, 6) is 0.225. The van der Waals surface area contributed by atoms with E-state index in [4.69, 9.17) is 9.47 Å². The molecule has 2 aliphatic heterocycles. The van der Waals surface area contributed by atoms with Crippen LogP contribution in [0, 0.1) is 0 Å². The number of anilines is 1. The fourth-order valence-corrected chi connectivity index (χ4v) is 4.66. The number of carbonyl (C=O) groups excluding carboxylic acids is 2. The molecule has 6 rings (SSSR count). The van der Waals surface area contributed by atoms with Crippen molar-refractivity contribution in [3.8, 4) is 5.75 Å². The van der Waals surface area contributed by atoms with E-state index < -0.39 is 6.10 Å². The molecule has 9 heteroatoms. The number of carbonyl (C=O) groups is 2. The maximum Gasteiger partial charge on any atom is 0.265 e. The maximum atomic E-state index is 13.6. The minimum Gasteiger partial charge on any atom is -0.476 e. The van der Waals surface area contributed by atoms with Crippen LogP contribution in [0.2, 0.25) is 0 Å². The van der Waals surface area contributed by atoms with Crippen LogP contribution in [0.1, 0.15) is 15.9 Å². The highest BCUT2D eigenvalue weighted by Crippen LogP contribution is 2.34. The first-order chi connectivity index (χ1) is 17.7. The van der Waals surface area contributed by atoms with Gasteiger partial charge in [0.15, 0.2) is 6.10 Å². The van der Waals surface area contributed by atoms with Crippen molar-refractivity contribution < 1.29 is 19.1 Å². The highest BCUT2D eigenvalue weighted by atomic mass is 16.5.